The van der Waals surface area contributed by atoms with Crippen molar-refractivity contribution in [1.82, 2.24) is 24.6 Å². The maximum atomic E-state index is 12.3. The van der Waals surface area contributed by atoms with Crippen LogP contribution in [0.15, 0.2) is 60.9 Å². The number of carbonyl (C=O) groups excluding carboxylic acids is 1. The molecule has 0 saturated heterocycles. The highest BCUT2D eigenvalue weighted by molar-refractivity contribution is 6.06. The van der Waals surface area contributed by atoms with Crippen LogP contribution in [0.3, 0.4) is 0 Å². The zero-order valence-corrected chi connectivity index (χ0v) is 13.4. The van der Waals surface area contributed by atoms with Crippen LogP contribution in [0.2, 0.25) is 0 Å². The Kier molecular flexibility index (Phi) is 2.97. The van der Waals surface area contributed by atoms with E-state index in [9.17, 15) is 4.79 Å². The van der Waals surface area contributed by atoms with Crippen LogP contribution in [0, 0.1) is 0 Å². The van der Waals surface area contributed by atoms with Crippen LogP contribution in [-0.2, 0) is 6.54 Å². The Morgan fingerprint density at radius 3 is 2.80 bits per heavy atom. The zero-order valence-electron chi connectivity index (χ0n) is 13.4. The fourth-order valence-corrected chi connectivity index (χ4v) is 3.34. The molecule has 0 saturated carbocycles. The molecule has 25 heavy (non-hydrogen) atoms. The van der Waals surface area contributed by atoms with Gasteiger partial charge < -0.3 is 9.88 Å². The molecule has 122 valence electrons. The van der Waals surface area contributed by atoms with Crippen molar-refractivity contribution >= 4 is 16.9 Å². The molecule has 0 spiro atoms. The van der Waals surface area contributed by atoms with Crippen molar-refractivity contribution in [2.45, 2.75) is 6.54 Å². The van der Waals surface area contributed by atoms with Gasteiger partial charge in [0.25, 0.3) is 5.91 Å². The number of imidazole rings is 1. The molecule has 2 aromatic carbocycles. The van der Waals surface area contributed by atoms with Crippen LogP contribution >= 0.6 is 0 Å². The summed E-state index contributed by atoms with van der Waals surface area (Å²) >= 11 is 0. The van der Waals surface area contributed by atoms with E-state index in [0.717, 1.165) is 28.1 Å². The van der Waals surface area contributed by atoms with Crippen LogP contribution in [0.5, 0.6) is 0 Å². The Bertz CT molecular complexity index is 1090. The van der Waals surface area contributed by atoms with Gasteiger partial charge in [0, 0.05) is 19.3 Å². The van der Waals surface area contributed by atoms with Gasteiger partial charge in [0.2, 0.25) is 0 Å². The molecular weight excluding hydrogens is 314 g/mol. The van der Waals surface area contributed by atoms with Crippen LogP contribution < -0.4 is 5.32 Å². The van der Waals surface area contributed by atoms with Gasteiger partial charge in [-0.2, -0.15) is 5.10 Å². The number of rotatable bonds is 2. The molecule has 0 atom stereocenters. The van der Waals surface area contributed by atoms with Gasteiger partial charge in [0.05, 0.1) is 34.0 Å². The number of nitrogens with one attached hydrogen (secondary N) is 1. The summed E-state index contributed by atoms with van der Waals surface area (Å²) in [6, 6.07) is 15.6. The molecule has 2 aromatic heterocycles. The van der Waals surface area contributed by atoms with Crippen molar-refractivity contribution in [2.24, 2.45) is 0 Å². The molecule has 6 heteroatoms. The maximum Gasteiger partial charge on any atom is 0.253 e. The fraction of sp³-hybridized carbons (Fsp3) is 0.105. The highest BCUT2D eigenvalue weighted by atomic mass is 16.1. The van der Waals surface area contributed by atoms with E-state index < -0.39 is 0 Å². The monoisotopic (exact) mass is 329 g/mol. The largest absolute Gasteiger partial charge is 0.350 e. The van der Waals surface area contributed by atoms with E-state index >= 15 is 0 Å². The second-order valence-electron chi connectivity index (χ2n) is 6.03. The van der Waals surface area contributed by atoms with E-state index in [1.807, 2.05) is 65.6 Å². The zero-order chi connectivity index (χ0) is 16.8. The van der Waals surface area contributed by atoms with E-state index in [-0.39, 0.29) is 5.91 Å². The SMILES string of the molecule is O=C1NCCn2c(-c3cnn(-c4ccccc4)c3)nc3cccc1c32. The summed E-state index contributed by atoms with van der Waals surface area (Å²) in [5, 5.41) is 7.41. The lowest BCUT2D eigenvalue weighted by Crippen LogP contribution is -2.24. The van der Waals surface area contributed by atoms with Crippen molar-refractivity contribution in [3.8, 4) is 17.1 Å². The average molecular weight is 329 g/mol. The number of aromatic nitrogens is 4. The Labute approximate surface area is 143 Å². The molecule has 1 aliphatic heterocycles. The van der Waals surface area contributed by atoms with Gasteiger partial charge in [-0.3, -0.25) is 4.79 Å². The van der Waals surface area contributed by atoms with Crippen LogP contribution in [0.1, 0.15) is 10.4 Å². The molecule has 1 N–H and O–H groups in total. The molecule has 0 radical (unpaired) electrons. The highest BCUT2D eigenvalue weighted by Crippen LogP contribution is 2.28. The maximum absolute atomic E-state index is 12.3. The van der Waals surface area contributed by atoms with E-state index in [4.69, 9.17) is 4.98 Å². The number of hydrogen-bond donors (Lipinski definition) is 1. The summed E-state index contributed by atoms with van der Waals surface area (Å²) in [6.45, 7) is 1.27. The third kappa shape index (κ3) is 2.15. The van der Waals surface area contributed by atoms with Crippen molar-refractivity contribution in [1.29, 1.82) is 0 Å². The molecule has 3 heterocycles. The van der Waals surface area contributed by atoms with Gasteiger partial charge in [0.15, 0.2) is 0 Å². The molecule has 6 nitrogen and oxygen atoms in total. The minimum atomic E-state index is -0.0456. The average Bonchev–Trinajstić information content (AvgIpc) is 3.23. The second kappa shape index (κ2) is 5.31. The summed E-state index contributed by atoms with van der Waals surface area (Å²) in [7, 11) is 0. The third-order valence-corrected chi connectivity index (χ3v) is 4.49. The van der Waals surface area contributed by atoms with Gasteiger partial charge in [0.1, 0.15) is 5.82 Å². The molecule has 5 rings (SSSR count). The number of carbonyl (C=O) groups is 1. The van der Waals surface area contributed by atoms with E-state index in [1.54, 1.807) is 0 Å². The first-order valence-electron chi connectivity index (χ1n) is 8.19. The lowest BCUT2D eigenvalue weighted by molar-refractivity contribution is 0.0956. The number of para-hydroxylation sites is 2. The van der Waals surface area contributed by atoms with E-state index in [1.165, 1.54) is 0 Å². The van der Waals surface area contributed by atoms with Crippen molar-refractivity contribution < 1.29 is 4.79 Å². The first-order chi connectivity index (χ1) is 12.3. The highest BCUT2D eigenvalue weighted by Gasteiger charge is 2.22. The Balaban J connectivity index is 1.69. The molecule has 0 fully saturated rings. The number of hydrogen-bond acceptors (Lipinski definition) is 3. The van der Waals surface area contributed by atoms with Crippen molar-refractivity contribution in [3.05, 3.63) is 66.5 Å². The lowest BCUT2D eigenvalue weighted by atomic mass is 10.2. The van der Waals surface area contributed by atoms with Crippen LogP contribution in [-0.4, -0.2) is 31.8 Å². The molecule has 1 amide bonds. The Morgan fingerprint density at radius 1 is 1.04 bits per heavy atom. The quantitative estimate of drug-likeness (QED) is 0.615. The topological polar surface area (TPSA) is 64.7 Å². The van der Waals surface area contributed by atoms with Crippen LogP contribution in [0.4, 0.5) is 0 Å². The van der Waals surface area contributed by atoms with Gasteiger partial charge in [-0.25, -0.2) is 9.67 Å². The molecule has 0 aliphatic carbocycles. The number of nitrogens with zero attached hydrogens (tertiary/aromatic N) is 4. The predicted octanol–water partition coefficient (Wildman–Crippen LogP) is 2.63. The number of amides is 1. The molecule has 0 unspecified atom stereocenters. The second-order valence-corrected chi connectivity index (χ2v) is 6.03. The molecule has 4 aromatic rings. The van der Waals surface area contributed by atoms with Gasteiger partial charge in [-0.15, -0.1) is 0 Å². The predicted molar refractivity (Wildman–Crippen MR) is 94.6 cm³/mol. The molecular formula is C19H15N5O. The van der Waals surface area contributed by atoms with Gasteiger partial charge >= 0.3 is 0 Å². The van der Waals surface area contributed by atoms with E-state index in [2.05, 4.69) is 15.0 Å². The summed E-state index contributed by atoms with van der Waals surface area (Å²) in [6.07, 6.45) is 3.79. The van der Waals surface area contributed by atoms with Crippen molar-refractivity contribution in [2.75, 3.05) is 6.54 Å². The minimum absolute atomic E-state index is 0.0456. The fourth-order valence-electron chi connectivity index (χ4n) is 3.34. The molecule has 0 bridgehead atoms. The first-order valence-corrected chi connectivity index (χ1v) is 8.19. The van der Waals surface area contributed by atoms with E-state index in [0.29, 0.717) is 18.7 Å². The minimum Gasteiger partial charge on any atom is -0.350 e. The summed E-state index contributed by atoms with van der Waals surface area (Å²) in [5.41, 5.74) is 4.32. The van der Waals surface area contributed by atoms with Crippen LogP contribution in [0.25, 0.3) is 28.1 Å². The summed E-state index contributed by atoms with van der Waals surface area (Å²) < 4.78 is 3.94. The third-order valence-electron chi connectivity index (χ3n) is 4.49. The normalized spacial score (nSPS) is 13.7. The first kappa shape index (κ1) is 14.0. The van der Waals surface area contributed by atoms with Gasteiger partial charge in [-0.1, -0.05) is 24.3 Å². The number of benzene rings is 2. The van der Waals surface area contributed by atoms with Crippen molar-refractivity contribution in [3.63, 3.8) is 0 Å². The van der Waals surface area contributed by atoms with Gasteiger partial charge in [-0.05, 0) is 24.3 Å². The molecule has 1 aliphatic rings. The smallest absolute Gasteiger partial charge is 0.253 e. The Hall–Kier alpha value is -3.41. The Morgan fingerprint density at radius 2 is 1.92 bits per heavy atom. The summed E-state index contributed by atoms with van der Waals surface area (Å²) in [4.78, 5) is 17.0. The lowest BCUT2D eigenvalue weighted by Gasteiger charge is -2.05. The standard InChI is InChI=1S/C19H15N5O/c25-19-15-7-4-8-16-17(15)23(10-9-20-19)18(22-16)13-11-21-24(12-13)14-5-2-1-3-6-14/h1-8,11-12H,9-10H2,(H,20,25). The summed E-state index contributed by atoms with van der Waals surface area (Å²) in [5.74, 6) is 0.789.